The zero-order valence-electron chi connectivity index (χ0n) is 9.84. The van der Waals surface area contributed by atoms with Crippen LogP contribution in [-0.2, 0) is 0 Å². The lowest BCUT2D eigenvalue weighted by Gasteiger charge is -2.35. The molecule has 2 heterocycles. The van der Waals surface area contributed by atoms with E-state index in [-0.39, 0.29) is 0 Å². The summed E-state index contributed by atoms with van der Waals surface area (Å²) in [6.07, 6.45) is 4.48. The molecule has 17 heavy (non-hydrogen) atoms. The number of anilines is 1. The Labute approximate surface area is 101 Å². The molecule has 1 aliphatic carbocycles. The number of hydrogen-bond acceptors (Lipinski definition) is 4. The van der Waals surface area contributed by atoms with Crippen LogP contribution in [0.25, 0.3) is 0 Å². The minimum atomic E-state index is 0.694. The quantitative estimate of drug-likeness (QED) is 0.764. The Morgan fingerprint density at radius 1 is 1.24 bits per heavy atom. The molecule has 2 fully saturated rings. The van der Waals surface area contributed by atoms with Gasteiger partial charge in [-0.25, -0.2) is 4.98 Å². The summed E-state index contributed by atoms with van der Waals surface area (Å²) >= 11 is 0. The maximum absolute atomic E-state index is 8.88. The van der Waals surface area contributed by atoms with Crippen molar-refractivity contribution in [2.75, 3.05) is 31.1 Å². The van der Waals surface area contributed by atoms with Crippen molar-refractivity contribution in [3.63, 3.8) is 0 Å². The summed E-state index contributed by atoms with van der Waals surface area (Å²) < 4.78 is 0. The average molecular weight is 228 g/mol. The third-order valence-electron chi connectivity index (χ3n) is 3.58. The molecule has 0 spiro atoms. The number of nitriles is 1. The van der Waals surface area contributed by atoms with Gasteiger partial charge >= 0.3 is 0 Å². The number of pyridine rings is 1. The van der Waals surface area contributed by atoms with Crippen LogP contribution in [0.3, 0.4) is 0 Å². The van der Waals surface area contributed by atoms with E-state index in [1.54, 1.807) is 12.3 Å². The van der Waals surface area contributed by atoms with Crippen LogP contribution in [0, 0.1) is 11.3 Å². The van der Waals surface area contributed by atoms with Crippen LogP contribution in [0.15, 0.2) is 18.3 Å². The van der Waals surface area contributed by atoms with Gasteiger partial charge in [0.2, 0.25) is 0 Å². The molecule has 0 unspecified atom stereocenters. The zero-order chi connectivity index (χ0) is 11.7. The van der Waals surface area contributed by atoms with E-state index >= 15 is 0 Å². The van der Waals surface area contributed by atoms with Gasteiger partial charge in [0.15, 0.2) is 0 Å². The van der Waals surface area contributed by atoms with Gasteiger partial charge in [0.05, 0.1) is 11.6 Å². The summed E-state index contributed by atoms with van der Waals surface area (Å²) in [4.78, 5) is 9.20. The standard InChI is InChI=1S/C13H16N4/c14-10-11-3-4-15-13(9-11)17-7-5-16(6-8-17)12-1-2-12/h3-4,9,12H,1-2,5-8H2. The first-order valence-electron chi connectivity index (χ1n) is 6.22. The lowest BCUT2D eigenvalue weighted by Crippen LogP contribution is -2.47. The smallest absolute Gasteiger partial charge is 0.129 e. The maximum Gasteiger partial charge on any atom is 0.129 e. The van der Waals surface area contributed by atoms with Crippen molar-refractivity contribution >= 4 is 5.82 Å². The second kappa shape index (κ2) is 4.34. The van der Waals surface area contributed by atoms with E-state index in [0.717, 1.165) is 38.0 Å². The number of rotatable bonds is 2. The largest absolute Gasteiger partial charge is 0.354 e. The molecule has 3 rings (SSSR count). The lowest BCUT2D eigenvalue weighted by atomic mass is 10.2. The van der Waals surface area contributed by atoms with Gasteiger partial charge in [-0.05, 0) is 25.0 Å². The fourth-order valence-corrected chi connectivity index (χ4v) is 2.42. The molecule has 1 aliphatic heterocycles. The maximum atomic E-state index is 8.88. The van der Waals surface area contributed by atoms with Crippen LogP contribution in [0.1, 0.15) is 18.4 Å². The molecule has 1 saturated carbocycles. The Kier molecular flexibility index (Phi) is 2.69. The highest BCUT2D eigenvalue weighted by molar-refractivity contribution is 5.45. The summed E-state index contributed by atoms with van der Waals surface area (Å²) in [6, 6.07) is 6.66. The summed E-state index contributed by atoms with van der Waals surface area (Å²) in [5.41, 5.74) is 0.694. The molecule has 1 aromatic rings. The van der Waals surface area contributed by atoms with E-state index in [9.17, 15) is 0 Å². The first-order valence-corrected chi connectivity index (χ1v) is 6.22. The Balaban J connectivity index is 1.67. The highest BCUT2D eigenvalue weighted by atomic mass is 15.3. The van der Waals surface area contributed by atoms with E-state index in [2.05, 4.69) is 20.9 Å². The Bertz CT molecular complexity index is 439. The van der Waals surface area contributed by atoms with Crippen molar-refractivity contribution in [2.45, 2.75) is 18.9 Å². The van der Waals surface area contributed by atoms with Crippen molar-refractivity contribution in [1.82, 2.24) is 9.88 Å². The molecule has 0 radical (unpaired) electrons. The minimum absolute atomic E-state index is 0.694. The summed E-state index contributed by atoms with van der Waals surface area (Å²) in [5, 5.41) is 8.88. The topological polar surface area (TPSA) is 43.2 Å². The van der Waals surface area contributed by atoms with E-state index in [4.69, 9.17) is 5.26 Å². The average Bonchev–Trinajstić information content (AvgIpc) is 3.23. The predicted molar refractivity (Wildman–Crippen MR) is 65.8 cm³/mol. The van der Waals surface area contributed by atoms with Crippen LogP contribution < -0.4 is 4.90 Å². The normalized spacial score (nSPS) is 21.2. The van der Waals surface area contributed by atoms with Gasteiger partial charge in [-0.1, -0.05) is 0 Å². The van der Waals surface area contributed by atoms with Gasteiger partial charge < -0.3 is 4.90 Å². The Hall–Kier alpha value is -1.60. The van der Waals surface area contributed by atoms with Gasteiger partial charge in [-0.15, -0.1) is 0 Å². The summed E-state index contributed by atoms with van der Waals surface area (Å²) in [7, 11) is 0. The Morgan fingerprint density at radius 2 is 2.00 bits per heavy atom. The van der Waals surface area contributed by atoms with E-state index in [1.165, 1.54) is 12.8 Å². The van der Waals surface area contributed by atoms with Crippen LogP contribution in [-0.4, -0.2) is 42.1 Å². The molecule has 0 N–H and O–H groups in total. The fraction of sp³-hybridized carbons (Fsp3) is 0.538. The number of piperazine rings is 1. The highest BCUT2D eigenvalue weighted by Gasteiger charge is 2.31. The monoisotopic (exact) mass is 228 g/mol. The van der Waals surface area contributed by atoms with Crippen molar-refractivity contribution < 1.29 is 0 Å². The van der Waals surface area contributed by atoms with Crippen LogP contribution in [0.5, 0.6) is 0 Å². The van der Waals surface area contributed by atoms with Crippen LogP contribution >= 0.6 is 0 Å². The molecule has 4 heteroatoms. The molecule has 2 aliphatic rings. The predicted octanol–water partition coefficient (Wildman–Crippen LogP) is 1.24. The second-order valence-corrected chi connectivity index (χ2v) is 4.77. The fourth-order valence-electron chi connectivity index (χ4n) is 2.42. The zero-order valence-corrected chi connectivity index (χ0v) is 9.84. The molecule has 88 valence electrons. The molecule has 1 saturated heterocycles. The molecular formula is C13H16N4. The van der Waals surface area contributed by atoms with Crippen molar-refractivity contribution in [3.05, 3.63) is 23.9 Å². The second-order valence-electron chi connectivity index (χ2n) is 4.77. The summed E-state index contributed by atoms with van der Waals surface area (Å²) in [6.45, 7) is 4.31. The van der Waals surface area contributed by atoms with Crippen molar-refractivity contribution in [3.8, 4) is 6.07 Å². The third-order valence-corrected chi connectivity index (χ3v) is 3.58. The Morgan fingerprint density at radius 3 is 2.65 bits per heavy atom. The van der Waals surface area contributed by atoms with Crippen molar-refractivity contribution in [2.24, 2.45) is 0 Å². The molecule has 1 aromatic heterocycles. The number of nitrogens with zero attached hydrogens (tertiary/aromatic N) is 4. The third kappa shape index (κ3) is 2.25. The van der Waals surface area contributed by atoms with E-state index < -0.39 is 0 Å². The van der Waals surface area contributed by atoms with Gasteiger partial charge in [-0.3, -0.25) is 4.90 Å². The number of hydrogen-bond donors (Lipinski definition) is 0. The highest BCUT2D eigenvalue weighted by Crippen LogP contribution is 2.28. The van der Waals surface area contributed by atoms with Gasteiger partial charge in [0.1, 0.15) is 5.82 Å². The van der Waals surface area contributed by atoms with Gasteiger partial charge in [0, 0.05) is 38.4 Å². The van der Waals surface area contributed by atoms with Crippen LogP contribution in [0.4, 0.5) is 5.82 Å². The first-order chi connectivity index (χ1) is 8.36. The first kappa shape index (κ1) is 10.5. The van der Waals surface area contributed by atoms with E-state index in [0.29, 0.717) is 5.56 Å². The minimum Gasteiger partial charge on any atom is -0.354 e. The molecule has 0 bridgehead atoms. The van der Waals surface area contributed by atoms with Crippen molar-refractivity contribution in [1.29, 1.82) is 5.26 Å². The molecule has 0 amide bonds. The molecule has 0 aromatic carbocycles. The van der Waals surface area contributed by atoms with Gasteiger partial charge in [0.25, 0.3) is 0 Å². The van der Waals surface area contributed by atoms with E-state index in [1.807, 2.05) is 6.07 Å². The van der Waals surface area contributed by atoms with Crippen LogP contribution in [0.2, 0.25) is 0 Å². The molecular weight excluding hydrogens is 212 g/mol. The SMILES string of the molecule is N#Cc1ccnc(N2CCN(C3CC3)CC2)c1. The molecule has 4 nitrogen and oxygen atoms in total. The summed E-state index contributed by atoms with van der Waals surface area (Å²) in [5.74, 6) is 0.944. The lowest BCUT2D eigenvalue weighted by molar-refractivity contribution is 0.247. The number of aromatic nitrogens is 1. The molecule has 0 atom stereocenters. The van der Waals surface area contributed by atoms with Gasteiger partial charge in [-0.2, -0.15) is 5.26 Å².